The van der Waals surface area contributed by atoms with Crippen molar-refractivity contribution in [3.05, 3.63) is 0 Å². The molecule has 4 unspecified atom stereocenters. The molecule has 0 aromatic rings. The average molecular weight is 346 g/mol. The summed E-state index contributed by atoms with van der Waals surface area (Å²) >= 11 is 0. The van der Waals surface area contributed by atoms with E-state index < -0.39 is 49.1 Å². The van der Waals surface area contributed by atoms with Gasteiger partial charge in [-0.3, -0.25) is 0 Å². The highest BCUT2D eigenvalue weighted by Crippen LogP contribution is 2.48. The first-order chi connectivity index (χ1) is 9.09. The van der Waals surface area contributed by atoms with Crippen LogP contribution in [0.1, 0.15) is 0 Å². The Morgan fingerprint density at radius 2 is 1.00 bits per heavy atom. The smallest absolute Gasteiger partial charge is 0.331 e. The topological polar surface area (TPSA) is 20.2 Å². The molecule has 0 saturated heterocycles. The molecule has 4 atom stereocenters. The molecule has 1 N–H and O–H groups in total. The molecule has 13 heteroatoms. The molecule has 0 aliphatic rings. The Bertz CT molecular complexity index is 339. The van der Waals surface area contributed by atoms with Crippen molar-refractivity contribution in [2.45, 2.75) is 49.1 Å². The van der Waals surface area contributed by atoms with E-state index >= 15 is 0 Å². The van der Waals surface area contributed by atoms with Crippen LogP contribution in [0.15, 0.2) is 0 Å². The lowest BCUT2D eigenvalue weighted by Gasteiger charge is -2.33. The van der Waals surface area contributed by atoms with Crippen LogP contribution in [0.3, 0.4) is 0 Å². The maximum Gasteiger partial charge on any atom is 0.423 e. The van der Waals surface area contributed by atoms with E-state index in [1.165, 1.54) is 0 Å². The van der Waals surface area contributed by atoms with Gasteiger partial charge in [0.25, 0.3) is 6.43 Å². The minimum absolute atomic E-state index is 4.16. The molecule has 0 bridgehead atoms. The van der Waals surface area contributed by atoms with E-state index in [2.05, 4.69) is 0 Å². The highest BCUT2D eigenvalue weighted by molar-refractivity contribution is 5.00. The van der Waals surface area contributed by atoms with Crippen LogP contribution in [0.5, 0.6) is 0 Å². The molecule has 0 saturated carbocycles. The van der Waals surface area contributed by atoms with E-state index in [1.807, 2.05) is 0 Å². The van der Waals surface area contributed by atoms with Crippen LogP contribution in [0, 0.1) is 0 Å². The molecule has 21 heavy (non-hydrogen) atoms. The molecule has 128 valence electrons. The Hall–Kier alpha value is -0.880. The lowest BCUT2D eigenvalue weighted by Crippen LogP contribution is -2.61. The minimum Gasteiger partial charge on any atom is -0.331 e. The number of hydrogen-bond donors (Lipinski definition) is 1. The summed E-state index contributed by atoms with van der Waals surface area (Å²) in [5, 5.41) is 7.51. The summed E-state index contributed by atoms with van der Waals surface area (Å²) in [4.78, 5) is 0. The van der Waals surface area contributed by atoms with Crippen LogP contribution in [0.4, 0.5) is 52.7 Å². The predicted octanol–water partition coefficient (Wildman–Crippen LogP) is 3.46. The van der Waals surface area contributed by atoms with Crippen molar-refractivity contribution in [2.75, 3.05) is 0 Å². The van der Waals surface area contributed by atoms with Gasteiger partial charge < -0.3 is 5.11 Å². The SMILES string of the molecule is OC(F)(F)C(F)(F)C(F)(F)C(F)C(F)C(F)C(F)C(F)F. The first-order valence-electron chi connectivity index (χ1n) is 4.79. The van der Waals surface area contributed by atoms with E-state index in [4.69, 9.17) is 5.11 Å². The van der Waals surface area contributed by atoms with Gasteiger partial charge in [-0.1, -0.05) is 0 Å². The van der Waals surface area contributed by atoms with Gasteiger partial charge in [0.05, 0.1) is 0 Å². The van der Waals surface area contributed by atoms with Crippen molar-refractivity contribution < 1.29 is 57.8 Å². The van der Waals surface area contributed by atoms with Crippen molar-refractivity contribution >= 4 is 0 Å². The van der Waals surface area contributed by atoms with Gasteiger partial charge in [-0.2, -0.15) is 26.3 Å². The van der Waals surface area contributed by atoms with Gasteiger partial charge >= 0.3 is 18.0 Å². The third-order valence-corrected chi connectivity index (χ3v) is 2.27. The van der Waals surface area contributed by atoms with Crippen LogP contribution in [-0.4, -0.2) is 54.2 Å². The van der Waals surface area contributed by atoms with Crippen molar-refractivity contribution in [2.24, 2.45) is 0 Å². The summed E-state index contributed by atoms with van der Waals surface area (Å²) in [6, 6.07) is 0. The lowest BCUT2D eigenvalue weighted by molar-refractivity contribution is -0.395. The second-order valence-electron chi connectivity index (χ2n) is 3.81. The highest BCUT2D eigenvalue weighted by atomic mass is 19.4. The molecule has 0 aromatic carbocycles. The Morgan fingerprint density at radius 1 is 0.619 bits per heavy atom. The number of rotatable bonds is 7. The van der Waals surface area contributed by atoms with Crippen molar-refractivity contribution in [1.29, 1.82) is 0 Å². The van der Waals surface area contributed by atoms with E-state index in [1.54, 1.807) is 0 Å². The second kappa shape index (κ2) is 6.08. The third kappa shape index (κ3) is 3.66. The van der Waals surface area contributed by atoms with Crippen molar-refractivity contribution in [3.8, 4) is 0 Å². The van der Waals surface area contributed by atoms with Gasteiger partial charge in [-0.15, -0.1) is 0 Å². The van der Waals surface area contributed by atoms with Crippen molar-refractivity contribution in [1.82, 2.24) is 0 Å². The number of alkyl halides is 12. The average Bonchev–Trinajstić information content (AvgIpc) is 2.33. The standard InChI is InChI=1S/C8H6F12O/c9-1(3(11)5(13)14)2(10)4(12)6(15,16)7(17,18)8(19,20)21/h1-5,21H. The van der Waals surface area contributed by atoms with Gasteiger partial charge in [-0.25, -0.2) is 26.3 Å². The van der Waals surface area contributed by atoms with Gasteiger partial charge in [0.1, 0.15) is 0 Å². The fourth-order valence-corrected chi connectivity index (χ4v) is 1.05. The third-order valence-electron chi connectivity index (χ3n) is 2.27. The summed E-state index contributed by atoms with van der Waals surface area (Å²) in [6.45, 7) is 0. The molecule has 0 spiro atoms. The predicted molar refractivity (Wildman–Crippen MR) is 42.6 cm³/mol. The molecule has 0 aromatic heterocycles. The Balaban J connectivity index is 5.36. The van der Waals surface area contributed by atoms with Crippen LogP contribution < -0.4 is 0 Å². The molecule has 0 rings (SSSR count). The summed E-state index contributed by atoms with van der Waals surface area (Å²) in [5.74, 6) is -13.6. The molecule has 0 aliphatic carbocycles. The van der Waals surface area contributed by atoms with Gasteiger partial charge in [0.2, 0.25) is 6.17 Å². The van der Waals surface area contributed by atoms with E-state index in [0.29, 0.717) is 0 Å². The maximum atomic E-state index is 12.8. The minimum atomic E-state index is -6.90. The second-order valence-corrected chi connectivity index (χ2v) is 3.81. The molecule has 0 aliphatic heterocycles. The number of halogens is 12. The summed E-state index contributed by atoms with van der Waals surface area (Å²) in [5.41, 5.74) is 0. The van der Waals surface area contributed by atoms with Crippen LogP contribution in [0.2, 0.25) is 0 Å². The molecule has 0 amide bonds. The van der Waals surface area contributed by atoms with E-state index in [9.17, 15) is 52.7 Å². The first kappa shape index (κ1) is 20.1. The molecular weight excluding hydrogens is 340 g/mol. The van der Waals surface area contributed by atoms with E-state index in [-0.39, 0.29) is 0 Å². The largest absolute Gasteiger partial charge is 0.423 e. The Labute approximate surface area is 108 Å². The monoisotopic (exact) mass is 346 g/mol. The van der Waals surface area contributed by atoms with E-state index in [0.717, 1.165) is 0 Å². The summed E-state index contributed by atoms with van der Waals surface area (Å²) in [7, 11) is 0. The fraction of sp³-hybridized carbons (Fsp3) is 1.00. The first-order valence-corrected chi connectivity index (χ1v) is 4.79. The van der Waals surface area contributed by atoms with Crippen LogP contribution >= 0.6 is 0 Å². The van der Waals surface area contributed by atoms with Crippen LogP contribution in [-0.2, 0) is 0 Å². The molecule has 0 fully saturated rings. The summed E-state index contributed by atoms with van der Waals surface area (Å²) in [6.07, 6.45) is -29.1. The summed E-state index contributed by atoms with van der Waals surface area (Å²) < 4.78 is 148. The zero-order valence-corrected chi connectivity index (χ0v) is 9.37. The Kier molecular flexibility index (Phi) is 5.83. The maximum absolute atomic E-state index is 12.8. The molecular formula is C8H6F12O. The van der Waals surface area contributed by atoms with Gasteiger partial charge in [0, 0.05) is 0 Å². The normalized spacial score (nSPS) is 20.3. The highest BCUT2D eigenvalue weighted by Gasteiger charge is 2.76. The lowest BCUT2D eigenvalue weighted by atomic mass is 9.97. The number of hydrogen-bond acceptors (Lipinski definition) is 1. The fourth-order valence-electron chi connectivity index (χ4n) is 1.05. The van der Waals surface area contributed by atoms with Gasteiger partial charge in [0.15, 0.2) is 18.5 Å². The molecule has 0 radical (unpaired) electrons. The van der Waals surface area contributed by atoms with Crippen molar-refractivity contribution in [3.63, 3.8) is 0 Å². The Morgan fingerprint density at radius 3 is 1.29 bits per heavy atom. The van der Waals surface area contributed by atoms with Crippen LogP contribution in [0.25, 0.3) is 0 Å². The van der Waals surface area contributed by atoms with Gasteiger partial charge in [-0.05, 0) is 0 Å². The zero-order valence-electron chi connectivity index (χ0n) is 9.37. The number of aliphatic hydroxyl groups is 1. The molecule has 1 nitrogen and oxygen atoms in total. The quantitative estimate of drug-likeness (QED) is 0.700. The zero-order chi connectivity index (χ0) is 17.4. The molecule has 0 heterocycles.